The quantitative estimate of drug-likeness (QED) is 0.885. The van der Waals surface area contributed by atoms with Crippen LogP contribution in [0.25, 0.3) is 0 Å². The number of carbonyl (C=O) groups is 1. The standard InChI is InChI=1S/C12H19N3OS/c1-9-8-17-12(14-9)10-4-3-5-15(7-10)11(16)6-13-2/h8,10,13H,3-7H2,1-2H3. The summed E-state index contributed by atoms with van der Waals surface area (Å²) in [5.74, 6) is 0.633. The average molecular weight is 253 g/mol. The highest BCUT2D eigenvalue weighted by Gasteiger charge is 2.25. The number of likely N-dealkylation sites (N-methyl/N-ethyl adjacent to an activating group) is 1. The minimum atomic E-state index is 0.200. The second-order valence-electron chi connectivity index (χ2n) is 4.54. The zero-order chi connectivity index (χ0) is 12.3. The first kappa shape index (κ1) is 12.5. The van der Waals surface area contributed by atoms with Gasteiger partial charge in [0.25, 0.3) is 0 Å². The van der Waals surface area contributed by atoms with Crippen LogP contribution in [-0.2, 0) is 4.79 Å². The van der Waals surface area contributed by atoms with Crippen molar-refractivity contribution in [1.82, 2.24) is 15.2 Å². The average Bonchev–Trinajstić information content (AvgIpc) is 2.76. The number of carbonyl (C=O) groups excluding carboxylic acids is 1. The molecule has 4 nitrogen and oxygen atoms in total. The van der Waals surface area contributed by atoms with E-state index >= 15 is 0 Å². The lowest BCUT2D eigenvalue weighted by Gasteiger charge is -2.31. The van der Waals surface area contributed by atoms with Crippen molar-refractivity contribution in [2.75, 3.05) is 26.7 Å². The number of likely N-dealkylation sites (tertiary alicyclic amines) is 1. The Labute approximate surface area is 106 Å². The van der Waals surface area contributed by atoms with E-state index in [1.807, 2.05) is 18.9 Å². The van der Waals surface area contributed by atoms with E-state index in [0.29, 0.717) is 12.5 Å². The molecule has 0 spiro atoms. The number of aryl methyl sites for hydroxylation is 1. The molecule has 2 rings (SSSR count). The van der Waals surface area contributed by atoms with Crippen LogP contribution in [0.5, 0.6) is 0 Å². The van der Waals surface area contributed by atoms with E-state index < -0.39 is 0 Å². The maximum atomic E-state index is 11.8. The van der Waals surface area contributed by atoms with Crippen molar-refractivity contribution in [2.45, 2.75) is 25.7 Å². The Morgan fingerprint density at radius 3 is 3.18 bits per heavy atom. The number of amides is 1. The summed E-state index contributed by atoms with van der Waals surface area (Å²) >= 11 is 1.72. The molecule has 0 aromatic carbocycles. The van der Waals surface area contributed by atoms with Crippen LogP contribution >= 0.6 is 11.3 Å². The smallest absolute Gasteiger partial charge is 0.236 e. The molecule has 0 radical (unpaired) electrons. The molecular formula is C12H19N3OS. The van der Waals surface area contributed by atoms with Gasteiger partial charge in [0.05, 0.1) is 11.6 Å². The van der Waals surface area contributed by atoms with Crippen molar-refractivity contribution >= 4 is 17.2 Å². The molecule has 1 atom stereocenters. The minimum absolute atomic E-state index is 0.200. The highest BCUT2D eigenvalue weighted by atomic mass is 32.1. The molecule has 0 aliphatic carbocycles. The number of rotatable bonds is 3. The van der Waals surface area contributed by atoms with Gasteiger partial charge in [-0.15, -0.1) is 11.3 Å². The fourth-order valence-corrected chi connectivity index (χ4v) is 3.15. The van der Waals surface area contributed by atoms with Crippen LogP contribution in [0.1, 0.15) is 29.5 Å². The molecule has 1 aromatic heterocycles. The van der Waals surface area contributed by atoms with Crippen LogP contribution in [0.3, 0.4) is 0 Å². The van der Waals surface area contributed by atoms with E-state index in [4.69, 9.17) is 0 Å². The highest BCUT2D eigenvalue weighted by molar-refractivity contribution is 7.09. The fraction of sp³-hybridized carbons (Fsp3) is 0.667. The summed E-state index contributed by atoms with van der Waals surface area (Å²) in [6, 6.07) is 0. The SMILES string of the molecule is CNCC(=O)N1CCCC(c2nc(C)cs2)C1. The summed E-state index contributed by atoms with van der Waals surface area (Å²) in [6.07, 6.45) is 2.23. The molecule has 5 heteroatoms. The number of nitrogens with zero attached hydrogens (tertiary/aromatic N) is 2. The van der Waals surface area contributed by atoms with Crippen LogP contribution in [0.2, 0.25) is 0 Å². The van der Waals surface area contributed by atoms with E-state index in [0.717, 1.165) is 31.6 Å². The van der Waals surface area contributed by atoms with Crippen LogP contribution < -0.4 is 5.32 Å². The van der Waals surface area contributed by atoms with Crippen LogP contribution in [0.4, 0.5) is 0 Å². The topological polar surface area (TPSA) is 45.2 Å². The molecule has 17 heavy (non-hydrogen) atoms. The van der Waals surface area contributed by atoms with Gasteiger partial charge in [-0.2, -0.15) is 0 Å². The van der Waals surface area contributed by atoms with Crippen molar-refractivity contribution in [3.8, 4) is 0 Å². The minimum Gasteiger partial charge on any atom is -0.341 e. The number of aromatic nitrogens is 1. The molecule has 1 aliphatic rings. The second-order valence-corrected chi connectivity index (χ2v) is 5.43. The third-order valence-electron chi connectivity index (χ3n) is 3.09. The van der Waals surface area contributed by atoms with Gasteiger partial charge in [0.1, 0.15) is 0 Å². The maximum absolute atomic E-state index is 11.8. The van der Waals surface area contributed by atoms with Crippen molar-refractivity contribution in [2.24, 2.45) is 0 Å². The van der Waals surface area contributed by atoms with E-state index in [9.17, 15) is 4.79 Å². The number of hydrogen-bond donors (Lipinski definition) is 1. The molecular weight excluding hydrogens is 234 g/mol. The number of piperidine rings is 1. The first-order chi connectivity index (χ1) is 8.20. The summed E-state index contributed by atoms with van der Waals surface area (Å²) in [6.45, 7) is 4.17. The monoisotopic (exact) mass is 253 g/mol. The Morgan fingerprint density at radius 2 is 2.53 bits per heavy atom. The van der Waals surface area contributed by atoms with Crippen molar-refractivity contribution < 1.29 is 4.79 Å². The molecule has 1 fully saturated rings. The maximum Gasteiger partial charge on any atom is 0.236 e. The van der Waals surface area contributed by atoms with Gasteiger partial charge in [-0.3, -0.25) is 4.79 Å². The van der Waals surface area contributed by atoms with Gasteiger partial charge in [-0.25, -0.2) is 4.98 Å². The predicted molar refractivity (Wildman–Crippen MR) is 69.3 cm³/mol. The highest BCUT2D eigenvalue weighted by Crippen LogP contribution is 2.29. The largest absolute Gasteiger partial charge is 0.341 e. The van der Waals surface area contributed by atoms with Gasteiger partial charge in [0.2, 0.25) is 5.91 Å². The Bertz CT molecular complexity index is 391. The summed E-state index contributed by atoms with van der Waals surface area (Å²) in [7, 11) is 1.81. The zero-order valence-electron chi connectivity index (χ0n) is 10.4. The zero-order valence-corrected chi connectivity index (χ0v) is 11.2. The lowest BCUT2D eigenvalue weighted by atomic mass is 9.98. The van der Waals surface area contributed by atoms with Crippen LogP contribution in [-0.4, -0.2) is 42.5 Å². The molecule has 94 valence electrons. The van der Waals surface area contributed by atoms with Crippen molar-refractivity contribution in [3.05, 3.63) is 16.1 Å². The summed E-state index contributed by atoms with van der Waals surface area (Å²) in [5, 5.41) is 6.19. The normalized spacial score (nSPS) is 20.6. The molecule has 1 amide bonds. The molecule has 1 aliphatic heterocycles. The van der Waals surface area contributed by atoms with E-state index in [1.165, 1.54) is 5.01 Å². The molecule has 1 saturated heterocycles. The number of nitrogens with one attached hydrogen (secondary N) is 1. The van der Waals surface area contributed by atoms with Gasteiger partial charge in [-0.05, 0) is 26.8 Å². The first-order valence-electron chi connectivity index (χ1n) is 6.05. The summed E-state index contributed by atoms with van der Waals surface area (Å²) < 4.78 is 0. The van der Waals surface area contributed by atoms with Crippen LogP contribution in [0, 0.1) is 6.92 Å². The lowest BCUT2D eigenvalue weighted by Crippen LogP contribution is -2.42. The van der Waals surface area contributed by atoms with Gasteiger partial charge in [-0.1, -0.05) is 0 Å². The van der Waals surface area contributed by atoms with Gasteiger partial charge in [0.15, 0.2) is 0 Å². The number of thiazole rings is 1. The Hall–Kier alpha value is -0.940. The molecule has 0 bridgehead atoms. The van der Waals surface area contributed by atoms with Gasteiger partial charge in [0, 0.05) is 30.1 Å². The first-order valence-corrected chi connectivity index (χ1v) is 6.93. The second kappa shape index (κ2) is 5.60. The summed E-state index contributed by atoms with van der Waals surface area (Å²) in [4.78, 5) is 18.3. The van der Waals surface area contributed by atoms with Crippen LogP contribution in [0.15, 0.2) is 5.38 Å². The Balaban J connectivity index is 1.99. The molecule has 0 saturated carbocycles. The Morgan fingerprint density at radius 1 is 1.71 bits per heavy atom. The van der Waals surface area contributed by atoms with E-state index in [-0.39, 0.29) is 5.91 Å². The molecule has 1 unspecified atom stereocenters. The van der Waals surface area contributed by atoms with E-state index in [2.05, 4.69) is 15.7 Å². The number of hydrogen-bond acceptors (Lipinski definition) is 4. The van der Waals surface area contributed by atoms with Crippen molar-refractivity contribution in [3.63, 3.8) is 0 Å². The van der Waals surface area contributed by atoms with E-state index in [1.54, 1.807) is 11.3 Å². The third kappa shape index (κ3) is 3.04. The van der Waals surface area contributed by atoms with Gasteiger partial charge < -0.3 is 10.2 Å². The van der Waals surface area contributed by atoms with Gasteiger partial charge >= 0.3 is 0 Å². The molecule has 1 N–H and O–H groups in total. The van der Waals surface area contributed by atoms with Crippen molar-refractivity contribution in [1.29, 1.82) is 0 Å². The lowest BCUT2D eigenvalue weighted by molar-refractivity contribution is -0.131. The predicted octanol–water partition coefficient (Wildman–Crippen LogP) is 1.38. The Kier molecular flexibility index (Phi) is 4.12. The third-order valence-corrected chi connectivity index (χ3v) is 4.21. The molecule has 1 aromatic rings. The summed E-state index contributed by atoms with van der Waals surface area (Å²) in [5.41, 5.74) is 1.09. The molecule has 2 heterocycles. The fourth-order valence-electron chi connectivity index (χ4n) is 2.23.